The van der Waals surface area contributed by atoms with Crippen molar-refractivity contribution in [3.63, 3.8) is 0 Å². The molecule has 1 aliphatic carbocycles. The number of sulfonamides is 1. The van der Waals surface area contributed by atoms with Gasteiger partial charge >= 0.3 is 0 Å². The lowest BCUT2D eigenvalue weighted by Crippen LogP contribution is -2.36. The summed E-state index contributed by atoms with van der Waals surface area (Å²) in [5.41, 5.74) is -0.426. The first-order chi connectivity index (χ1) is 9.42. The quantitative estimate of drug-likeness (QED) is 0.664. The highest BCUT2D eigenvalue weighted by molar-refractivity contribution is 7.89. The van der Waals surface area contributed by atoms with Crippen LogP contribution in [0.1, 0.15) is 6.92 Å². The number of nitro groups is 1. The van der Waals surface area contributed by atoms with E-state index in [0.717, 1.165) is 0 Å². The van der Waals surface area contributed by atoms with Crippen molar-refractivity contribution in [2.45, 2.75) is 17.9 Å². The molecule has 6 nitrogen and oxygen atoms in total. The molecule has 106 valence electrons. The highest BCUT2D eigenvalue weighted by atomic mass is 32.2. The Morgan fingerprint density at radius 1 is 1.25 bits per heavy atom. The molecule has 7 heteroatoms. The van der Waals surface area contributed by atoms with Crippen LogP contribution in [-0.2, 0) is 10.0 Å². The minimum absolute atomic E-state index is 0.0486. The van der Waals surface area contributed by atoms with Crippen molar-refractivity contribution in [2.75, 3.05) is 0 Å². The van der Waals surface area contributed by atoms with Crippen LogP contribution in [0, 0.1) is 16.0 Å². The van der Waals surface area contributed by atoms with Crippen molar-refractivity contribution >= 4 is 15.7 Å². The van der Waals surface area contributed by atoms with E-state index in [-0.39, 0.29) is 16.9 Å². The first-order valence-electron chi connectivity index (χ1n) is 6.02. The van der Waals surface area contributed by atoms with Gasteiger partial charge in [-0.15, -0.1) is 0 Å². The molecular weight excluding hydrogens is 280 g/mol. The second-order valence-electron chi connectivity index (χ2n) is 4.48. The summed E-state index contributed by atoms with van der Waals surface area (Å²) in [6, 6.07) is 4.92. The summed E-state index contributed by atoms with van der Waals surface area (Å²) >= 11 is 0. The number of nitro benzene ring substituents is 1. The molecule has 0 radical (unpaired) electrons. The minimum atomic E-state index is -3.93. The molecule has 1 atom stereocenters. The first-order valence-corrected chi connectivity index (χ1v) is 7.51. The number of allylic oxidation sites excluding steroid dienone is 2. The Morgan fingerprint density at radius 2 is 1.85 bits per heavy atom. The van der Waals surface area contributed by atoms with Crippen LogP contribution in [0.3, 0.4) is 0 Å². The van der Waals surface area contributed by atoms with E-state index in [1.807, 2.05) is 24.3 Å². The zero-order chi connectivity index (χ0) is 14.8. The van der Waals surface area contributed by atoms with Gasteiger partial charge in [-0.2, -0.15) is 0 Å². The molecule has 0 fully saturated rings. The van der Waals surface area contributed by atoms with Crippen LogP contribution in [0.25, 0.3) is 0 Å². The van der Waals surface area contributed by atoms with Crippen molar-refractivity contribution in [1.29, 1.82) is 0 Å². The van der Waals surface area contributed by atoms with Crippen molar-refractivity contribution in [1.82, 2.24) is 4.72 Å². The summed E-state index contributed by atoms with van der Waals surface area (Å²) in [7, 11) is -3.93. The van der Waals surface area contributed by atoms with Gasteiger partial charge in [0, 0.05) is 18.0 Å². The highest BCUT2D eigenvalue weighted by Crippen LogP contribution is 2.24. The second-order valence-corrected chi connectivity index (χ2v) is 6.16. The zero-order valence-corrected chi connectivity index (χ0v) is 11.6. The number of benzene rings is 1. The SMILES string of the molecule is C[C@H](NS(=O)(=O)c1ccccc1[N+](=O)[O-])C1C=CC=C1. The summed E-state index contributed by atoms with van der Waals surface area (Å²) in [5, 5.41) is 10.9. The number of hydrogen-bond acceptors (Lipinski definition) is 4. The molecule has 2 rings (SSSR count). The van der Waals surface area contributed by atoms with Crippen molar-refractivity contribution in [3.8, 4) is 0 Å². The number of hydrogen-bond donors (Lipinski definition) is 1. The van der Waals surface area contributed by atoms with E-state index < -0.39 is 20.6 Å². The van der Waals surface area contributed by atoms with Gasteiger partial charge in [-0.05, 0) is 13.0 Å². The molecule has 0 spiro atoms. The lowest BCUT2D eigenvalue weighted by atomic mass is 10.1. The van der Waals surface area contributed by atoms with Gasteiger partial charge in [0.15, 0.2) is 4.90 Å². The standard InChI is InChI=1S/C13H14N2O4S/c1-10(11-6-2-3-7-11)14-20(18,19)13-9-5-4-8-12(13)15(16)17/h2-11,14H,1H3/t10-/m0/s1. The van der Waals surface area contributed by atoms with E-state index in [4.69, 9.17) is 0 Å². The molecule has 0 unspecified atom stereocenters. The largest absolute Gasteiger partial charge is 0.289 e. The molecule has 0 amide bonds. The van der Waals surface area contributed by atoms with Gasteiger partial charge in [0.25, 0.3) is 5.69 Å². The Morgan fingerprint density at radius 3 is 2.45 bits per heavy atom. The Balaban J connectivity index is 2.29. The maximum absolute atomic E-state index is 12.3. The number of nitrogens with one attached hydrogen (secondary N) is 1. The topological polar surface area (TPSA) is 89.3 Å². The molecule has 1 N–H and O–H groups in total. The van der Waals surface area contributed by atoms with E-state index in [0.29, 0.717) is 0 Å². The normalized spacial score (nSPS) is 16.4. The van der Waals surface area contributed by atoms with Gasteiger partial charge in [-0.3, -0.25) is 10.1 Å². The van der Waals surface area contributed by atoms with Crippen molar-refractivity contribution in [2.24, 2.45) is 5.92 Å². The maximum Gasteiger partial charge on any atom is 0.289 e. The lowest BCUT2D eigenvalue weighted by Gasteiger charge is -2.17. The molecule has 0 saturated heterocycles. The fraction of sp³-hybridized carbons (Fsp3) is 0.231. The molecule has 0 bridgehead atoms. The van der Waals surface area contributed by atoms with Crippen molar-refractivity contribution < 1.29 is 13.3 Å². The van der Waals surface area contributed by atoms with Crippen LogP contribution in [0.15, 0.2) is 53.5 Å². The fourth-order valence-electron chi connectivity index (χ4n) is 2.00. The van der Waals surface area contributed by atoms with Crippen molar-refractivity contribution in [3.05, 3.63) is 58.7 Å². The lowest BCUT2D eigenvalue weighted by molar-refractivity contribution is -0.387. The Labute approximate surface area is 117 Å². The van der Waals surface area contributed by atoms with Gasteiger partial charge in [0.2, 0.25) is 10.0 Å². The Kier molecular flexibility index (Phi) is 4.01. The van der Waals surface area contributed by atoms with Crippen LogP contribution in [0.2, 0.25) is 0 Å². The molecule has 20 heavy (non-hydrogen) atoms. The molecule has 0 saturated carbocycles. The third-order valence-electron chi connectivity index (χ3n) is 3.05. The van der Waals surface area contributed by atoms with Gasteiger partial charge in [0.1, 0.15) is 0 Å². The molecule has 0 aromatic heterocycles. The van der Waals surface area contributed by atoms with Crippen LogP contribution in [-0.4, -0.2) is 19.4 Å². The van der Waals surface area contributed by atoms with E-state index >= 15 is 0 Å². The molecule has 1 aromatic carbocycles. The molecule has 0 aliphatic heterocycles. The van der Waals surface area contributed by atoms with E-state index in [9.17, 15) is 18.5 Å². The van der Waals surface area contributed by atoms with Crippen LogP contribution in [0.4, 0.5) is 5.69 Å². The van der Waals surface area contributed by atoms with Gasteiger partial charge in [0.05, 0.1) is 4.92 Å². The fourth-order valence-corrected chi connectivity index (χ4v) is 3.45. The third-order valence-corrected chi connectivity index (χ3v) is 4.65. The third kappa shape index (κ3) is 2.94. The average Bonchev–Trinajstić information content (AvgIpc) is 2.92. The monoisotopic (exact) mass is 294 g/mol. The maximum atomic E-state index is 12.3. The average molecular weight is 294 g/mol. The van der Waals surface area contributed by atoms with Gasteiger partial charge < -0.3 is 0 Å². The van der Waals surface area contributed by atoms with Crippen LogP contribution in [0.5, 0.6) is 0 Å². The van der Waals surface area contributed by atoms with E-state index in [1.165, 1.54) is 24.3 Å². The summed E-state index contributed by atoms with van der Waals surface area (Å²) in [5.74, 6) is -0.0486. The number of nitrogens with zero attached hydrogens (tertiary/aromatic N) is 1. The summed E-state index contributed by atoms with van der Waals surface area (Å²) in [6.45, 7) is 1.72. The summed E-state index contributed by atoms with van der Waals surface area (Å²) in [4.78, 5) is 9.88. The predicted molar refractivity (Wildman–Crippen MR) is 74.6 cm³/mol. The zero-order valence-electron chi connectivity index (χ0n) is 10.8. The van der Waals surface area contributed by atoms with E-state index in [1.54, 1.807) is 6.92 Å². The molecule has 1 aliphatic rings. The second kappa shape index (κ2) is 5.56. The van der Waals surface area contributed by atoms with Crippen LogP contribution < -0.4 is 4.72 Å². The molecule has 0 heterocycles. The van der Waals surface area contributed by atoms with Gasteiger partial charge in [-0.25, -0.2) is 13.1 Å². The minimum Gasteiger partial charge on any atom is -0.258 e. The van der Waals surface area contributed by atoms with Gasteiger partial charge in [-0.1, -0.05) is 36.4 Å². The van der Waals surface area contributed by atoms with E-state index in [2.05, 4.69) is 4.72 Å². The summed E-state index contributed by atoms with van der Waals surface area (Å²) in [6.07, 6.45) is 7.40. The van der Waals surface area contributed by atoms with Crippen LogP contribution >= 0.6 is 0 Å². The smallest absolute Gasteiger partial charge is 0.258 e. The predicted octanol–water partition coefficient (Wildman–Crippen LogP) is 2.00. The summed E-state index contributed by atoms with van der Waals surface area (Å²) < 4.78 is 27.0. The Bertz CT molecular complexity index is 667. The number of para-hydroxylation sites is 1. The number of rotatable bonds is 5. The molecular formula is C13H14N2O4S. The first kappa shape index (κ1) is 14.4. The highest BCUT2D eigenvalue weighted by Gasteiger charge is 2.28. The molecule has 1 aromatic rings. The Hall–Kier alpha value is -1.99.